The Bertz CT molecular complexity index is 352. The lowest BCUT2D eigenvalue weighted by molar-refractivity contribution is 0.0954. The maximum atomic E-state index is 13.3. The van der Waals surface area contributed by atoms with Crippen LogP contribution in [-0.2, 0) is 0 Å². The highest BCUT2D eigenvalue weighted by molar-refractivity contribution is 5.99. The van der Waals surface area contributed by atoms with Crippen LogP contribution in [0, 0.1) is 5.82 Å². The van der Waals surface area contributed by atoms with Crippen LogP contribution >= 0.6 is 0 Å². The van der Waals surface area contributed by atoms with Crippen LogP contribution in [-0.4, -0.2) is 19.5 Å². The van der Waals surface area contributed by atoms with Crippen molar-refractivity contribution in [1.82, 2.24) is 5.32 Å². The van der Waals surface area contributed by atoms with Crippen LogP contribution in [0.3, 0.4) is 0 Å². The third-order valence-electron chi connectivity index (χ3n) is 2.04. The molecule has 0 saturated carbocycles. The molecular weight excluding hydrogens is 195 g/mol. The molecule has 15 heavy (non-hydrogen) atoms. The van der Waals surface area contributed by atoms with Crippen molar-refractivity contribution in [2.75, 3.05) is 18.9 Å². The number of nitrogens with one attached hydrogen (secondary N) is 2. The van der Waals surface area contributed by atoms with Crippen LogP contribution in [0.5, 0.6) is 0 Å². The van der Waals surface area contributed by atoms with E-state index in [2.05, 4.69) is 10.6 Å². The van der Waals surface area contributed by atoms with Crippen molar-refractivity contribution in [2.45, 2.75) is 13.3 Å². The van der Waals surface area contributed by atoms with Crippen molar-refractivity contribution in [2.24, 2.45) is 0 Å². The lowest BCUT2D eigenvalue weighted by Gasteiger charge is -2.09. The molecule has 0 bridgehead atoms. The zero-order chi connectivity index (χ0) is 11.3. The van der Waals surface area contributed by atoms with Gasteiger partial charge in [-0.25, -0.2) is 4.39 Å². The van der Waals surface area contributed by atoms with Gasteiger partial charge in [-0.3, -0.25) is 4.79 Å². The summed E-state index contributed by atoms with van der Waals surface area (Å²) < 4.78 is 13.3. The van der Waals surface area contributed by atoms with Gasteiger partial charge in [0.2, 0.25) is 0 Å². The average Bonchev–Trinajstić information content (AvgIpc) is 2.25. The van der Waals surface area contributed by atoms with Gasteiger partial charge in [-0.1, -0.05) is 13.0 Å². The van der Waals surface area contributed by atoms with Crippen LogP contribution in [0.1, 0.15) is 23.7 Å². The van der Waals surface area contributed by atoms with E-state index in [0.29, 0.717) is 12.1 Å². The van der Waals surface area contributed by atoms with Gasteiger partial charge in [0.15, 0.2) is 0 Å². The Morgan fingerprint density at radius 1 is 1.47 bits per heavy atom. The smallest absolute Gasteiger partial charge is 0.253 e. The Morgan fingerprint density at radius 3 is 2.80 bits per heavy atom. The van der Waals surface area contributed by atoms with E-state index in [4.69, 9.17) is 0 Å². The van der Waals surface area contributed by atoms with Crippen molar-refractivity contribution in [1.29, 1.82) is 0 Å². The largest absolute Gasteiger partial charge is 0.385 e. The molecule has 0 saturated heterocycles. The quantitative estimate of drug-likeness (QED) is 0.798. The number of carbonyl (C=O) groups excluding carboxylic acids is 1. The number of rotatable bonds is 4. The number of carbonyl (C=O) groups is 1. The molecule has 0 aromatic heterocycles. The maximum Gasteiger partial charge on any atom is 0.253 e. The summed E-state index contributed by atoms with van der Waals surface area (Å²) >= 11 is 0. The second-order valence-electron chi connectivity index (χ2n) is 3.17. The molecule has 2 N–H and O–H groups in total. The van der Waals surface area contributed by atoms with E-state index in [9.17, 15) is 9.18 Å². The van der Waals surface area contributed by atoms with Crippen molar-refractivity contribution in [3.8, 4) is 0 Å². The van der Waals surface area contributed by atoms with Crippen molar-refractivity contribution >= 4 is 11.6 Å². The molecule has 0 atom stereocenters. The molecule has 0 radical (unpaired) electrons. The van der Waals surface area contributed by atoms with Gasteiger partial charge in [-0.05, 0) is 18.6 Å². The van der Waals surface area contributed by atoms with E-state index >= 15 is 0 Å². The topological polar surface area (TPSA) is 41.1 Å². The Labute approximate surface area is 88.7 Å². The molecule has 0 heterocycles. The zero-order valence-corrected chi connectivity index (χ0v) is 8.93. The van der Waals surface area contributed by atoms with E-state index in [0.717, 1.165) is 6.42 Å². The van der Waals surface area contributed by atoms with Gasteiger partial charge in [-0.2, -0.15) is 0 Å². The molecular formula is C11H15FN2O. The van der Waals surface area contributed by atoms with Crippen molar-refractivity contribution in [3.63, 3.8) is 0 Å². The van der Waals surface area contributed by atoms with E-state index < -0.39 is 5.82 Å². The summed E-state index contributed by atoms with van der Waals surface area (Å²) in [5.41, 5.74) is 0.581. The Hall–Kier alpha value is -1.58. The van der Waals surface area contributed by atoms with Gasteiger partial charge in [0.1, 0.15) is 5.82 Å². The number of amides is 1. The van der Waals surface area contributed by atoms with E-state index in [1.807, 2.05) is 6.92 Å². The third-order valence-corrected chi connectivity index (χ3v) is 2.04. The van der Waals surface area contributed by atoms with Gasteiger partial charge in [0.05, 0.1) is 11.3 Å². The summed E-state index contributed by atoms with van der Waals surface area (Å²) in [6, 6.07) is 4.44. The monoisotopic (exact) mass is 210 g/mol. The predicted molar refractivity (Wildman–Crippen MR) is 58.6 cm³/mol. The molecule has 3 nitrogen and oxygen atoms in total. The fourth-order valence-electron chi connectivity index (χ4n) is 1.30. The number of benzene rings is 1. The van der Waals surface area contributed by atoms with Gasteiger partial charge >= 0.3 is 0 Å². The van der Waals surface area contributed by atoms with Gasteiger partial charge < -0.3 is 10.6 Å². The average molecular weight is 210 g/mol. The molecule has 1 amide bonds. The van der Waals surface area contributed by atoms with Gasteiger partial charge in [0, 0.05) is 13.6 Å². The predicted octanol–water partition coefficient (Wildman–Crippen LogP) is 2.01. The fourth-order valence-corrected chi connectivity index (χ4v) is 1.30. The highest BCUT2D eigenvalue weighted by atomic mass is 19.1. The van der Waals surface area contributed by atoms with Crippen LogP contribution < -0.4 is 10.6 Å². The lowest BCUT2D eigenvalue weighted by atomic mass is 10.1. The molecule has 1 aromatic carbocycles. The number of halogens is 1. The Morgan fingerprint density at radius 2 is 2.20 bits per heavy atom. The number of hydrogen-bond acceptors (Lipinski definition) is 2. The molecule has 0 fully saturated rings. The molecule has 1 rings (SSSR count). The molecule has 4 heteroatoms. The maximum absolute atomic E-state index is 13.3. The second kappa shape index (κ2) is 5.34. The van der Waals surface area contributed by atoms with E-state index in [-0.39, 0.29) is 11.6 Å². The number of para-hydroxylation sites is 1. The summed E-state index contributed by atoms with van der Waals surface area (Å²) in [5, 5.41) is 5.39. The molecule has 0 aliphatic rings. The van der Waals surface area contributed by atoms with Crippen LogP contribution in [0.4, 0.5) is 10.1 Å². The first-order chi connectivity index (χ1) is 7.20. The summed E-state index contributed by atoms with van der Waals surface area (Å²) in [5.74, 6) is -0.664. The fraction of sp³-hybridized carbons (Fsp3) is 0.364. The van der Waals surface area contributed by atoms with Gasteiger partial charge in [0.25, 0.3) is 5.91 Å². The standard InChI is InChI=1S/C11H15FN2O/c1-3-7-14-11(15)8-5-4-6-9(12)10(8)13-2/h4-6,13H,3,7H2,1-2H3,(H,14,15). The summed E-state index contributed by atoms with van der Waals surface area (Å²) in [6.07, 6.45) is 0.857. The first-order valence-corrected chi connectivity index (χ1v) is 4.95. The SMILES string of the molecule is CCCNC(=O)c1cccc(F)c1NC. The van der Waals surface area contributed by atoms with Crippen LogP contribution in [0.25, 0.3) is 0 Å². The minimum atomic E-state index is -0.415. The second-order valence-corrected chi connectivity index (χ2v) is 3.17. The van der Waals surface area contributed by atoms with Crippen molar-refractivity contribution in [3.05, 3.63) is 29.6 Å². The molecule has 0 aliphatic carbocycles. The zero-order valence-electron chi connectivity index (χ0n) is 8.93. The first-order valence-electron chi connectivity index (χ1n) is 4.95. The van der Waals surface area contributed by atoms with E-state index in [1.54, 1.807) is 13.1 Å². The minimum Gasteiger partial charge on any atom is -0.385 e. The van der Waals surface area contributed by atoms with Crippen LogP contribution in [0.2, 0.25) is 0 Å². The molecule has 0 spiro atoms. The Kier molecular flexibility index (Phi) is 4.09. The lowest BCUT2D eigenvalue weighted by Crippen LogP contribution is -2.25. The molecule has 0 unspecified atom stereocenters. The normalized spacial score (nSPS) is 9.80. The number of hydrogen-bond donors (Lipinski definition) is 2. The molecule has 82 valence electrons. The van der Waals surface area contributed by atoms with Crippen molar-refractivity contribution < 1.29 is 9.18 Å². The van der Waals surface area contributed by atoms with Gasteiger partial charge in [-0.15, -0.1) is 0 Å². The first kappa shape index (κ1) is 11.5. The summed E-state index contributed by atoms with van der Waals surface area (Å²) in [6.45, 7) is 2.56. The van der Waals surface area contributed by atoms with Crippen LogP contribution in [0.15, 0.2) is 18.2 Å². The molecule has 1 aromatic rings. The Balaban J connectivity index is 2.92. The minimum absolute atomic E-state index is 0.242. The van der Waals surface area contributed by atoms with E-state index in [1.165, 1.54) is 12.1 Å². The summed E-state index contributed by atoms with van der Waals surface area (Å²) in [7, 11) is 1.59. The highest BCUT2D eigenvalue weighted by Gasteiger charge is 2.12. The third kappa shape index (κ3) is 2.68. The highest BCUT2D eigenvalue weighted by Crippen LogP contribution is 2.18. The molecule has 0 aliphatic heterocycles. The summed E-state index contributed by atoms with van der Waals surface area (Å²) in [4.78, 5) is 11.6. The number of anilines is 1.